The van der Waals surface area contributed by atoms with Crippen LogP contribution in [-0.4, -0.2) is 57.0 Å². The van der Waals surface area contributed by atoms with E-state index < -0.39 is 10.0 Å². The number of fused-ring (bicyclic) bond motifs is 1. The molecule has 2 aromatic rings. The number of sulfonamides is 1. The molecule has 2 aliphatic rings. The lowest BCUT2D eigenvalue weighted by molar-refractivity contribution is -0.917. The summed E-state index contributed by atoms with van der Waals surface area (Å²) >= 11 is 0. The molecule has 29 heavy (non-hydrogen) atoms. The smallest absolute Gasteiger partial charge is 0.278 e. The summed E-state index contributed by atoms with van der Waals surface area (Å²) in [4.78, 5) is 12.1. The van der Waals surface area contributed by atoms with E-state index in [9.17, 15) is 18.5 Å². The Kier molecular flexibility index (Phi) is 5.39. The highest BCUT2D eigenvalue weighted by Crippen LogP contribution is 2.33. The number of nitrogens with zero attached hydrogens (tertiary/aromatic N) is 2. The first-order valence-corrected chi connectivity index (χ1v) is 10.8. The van der Waals surface area contributed by atoms with Crippen LogP contribution in [0.2, 0.25) is 0 Å². The van der Waals surface area contributed by atoms with Crippen LogP contribution in [0.1, 0.15) is 5.56 Å². The zero-order chi connectivity index (χ0) is 20.4. The average molecular weight is 420 g/mol. The summed E-state index contributed by atoms with van der Waals surface area (Å²) < 4.78 is 38.4. The highest BCUT2D eigenvalue weighted by atomic mass is 32.2. The van der Waals surface area contributed by atoms with Crippen molar-refractivity contribution in [1.29, 1.82) is 0 Å². The van der Waals surface area contributed by atoms with Crippen molar-refractivity contribution < 1.29 is 27.7 Å². The molecular weight excluding hydrogens is 398 g/mol. The third-order valence-electron chi connectivity index (χ3n) is 5.21. The highest BCUT2D eigenvalue weighted by Gasteiger charge is 2.32. The van der Waals surface area contributed by atoms with E-state index in [4.69, 9.17) is 9.47 Å². The molecule has 1 N–H and O–H groups in total. The molecule has 2 aromatic carbocycles. The predicted molar refractivity (Wildman–Crippen MR) is 104 cm³/mol. The normalized spacial score (nSPS) is 17.8. The lowest BCUT2D eigenvalue weighted by Gasteiger charge is -2.31. The molecule has 0 radical (unpaired) electrons. The third-order valence-corrected chi connectivity index (χ3v) is 7.10. The Labute approximate surface area is 168 Å². The first kappa shape index (κ1) is 19.6. The number of nitro groups is 1. The second-order valence-corrected chi connectivity index (χ2v) is 8.96. The van der Waals surface area contributed by atoms with E-state index in [1.54, 1.807) is 24.3 Å². The van der Waals surface area contributed by atoms with E-state index in [-0.39, 0.29) is 15.5 Å². The van der Waals surface area contributed by atoms with Crippen LogP contribution in [0.5, 0.6) is 11.5 Å². The molecule has 0 aromatic heterocycles. The van der Waals surface area contributed by atoms with Crippen LogP contribution in [0, 0.1) is 10.1 Å². The van der Waals surface area contributed by atoms with Crippen LogP contribution >= 0.6 is 0 Å². The Morgan fingerprint density at radius 1 is 1.03 bits per heavy atom. The van der Waals surface area contributed by atoms with E-state index in [1.165, 1.54) is 22.5 Å². The molecule has 0 spiro atoms. The number of nitrogens with one attached hydrogen (secondary N) is 1. The lowest BCUT2D eigenvalue weighted by atomic mass is 10.1. The molecule has 0 unspecified atom stereocenters. The van der Waals surface area contributed by atoms with Gasteiger partial charge < -0.3 is 14.4 Å². The van der Waals surface area contributed by atoms with Gasteiger partial charge in [0.1, 0.15) is 19.8 Å². The van der Waals surface area contributed by atoms with Crippen molar-refractivity contribution in [2.24, 2.45) is 0 Å². The molecule has 4 rings (SSSR count). The van der Waals surface area contributed by atoms with Gasteiger partial charge in [-0.1, -0.05) is 12.1 Å². The van der Waals surface area contributed by atoms with Gasteiger partial charge >= 0.3 is 0 Å². The average Bonchev–Trinajstić information content (AvgIpc) is 2.74. The molecule has 0 bridgehead atoms. The number of rotatable bonds is 5. The van der Waals surface area contributed by atoms with Gasteiger partial charge in [0, 0.05) is 12.1 Å². The van der Waals surface area contributed by atoms with E-state index in [0.717, 1.165) is 4.90 Å². The second-order valence-electron chi connectivity index (χ2n) is 7.02. The fraction of sp³-hybridized carbons (Fsp3) is 0.368. The Morgan fingerprint density at radius 2 is 1.72 bits per heavy atom. The largest absolute Gasteiger partial charge is 0.486 e. The topological polar surface area (TPSA) is 103 Å². The molecule has 2 aliphatic heterocycles. The second kappa shape index (κ2) is 7.97. The van der Waals surface area contributed by atoms with Crippen molar-refractivity contribution in [2.45, 2.75) is 11.4 Å². The van der Waals surface area contributed by atoms with Crippen molar-refractivity contribution in [1.82, 2.24) is 4.31 Å². The summed E-state index contributed by atoms with van der Waals surface area (Å²) in [5.41, 5.74) is 0.766. The Balaban J connectivity index is 1.43. The molecule has 154 valence electrons. The predicted octanol–water partition coefficient (Wildman–Crippen LogP) is 0.455. The first-order chi connectivity index (χ1) is 13.9. The molecule has 1 saturated heterocycles. The summed E-state index contributed by atoms with van der Waals surface area (Å²) in [5, 5.41) is 11.2. The fourth-order valence-corrected chi connectivity index (χ4v) is 5.12. The number of ether oxygens (including phenoxy) is 2. The number of hydrogen-bond donors (Lipinski definition) is 1. The monoisotopic (exact) mass is 420 g/mol. The molecule has 0 amide bonds. The van der Waals surface area contributed by atoms with Crippen LogP contribution in [0.15, 0.2) is 47.4 Å². The van der Waals surface area contributed by atoms with Crippen LogP contribution in [0.25, 0.3) is 0 Å². The van der Waals surface area contributed by atoms with Gasteiger partial charge in [-0.15, -0.1) is 0 Å². The summed E-state index contributed by atoms with van der Waals surface area (Å²) in [6, 6.07) is 11.4. The van der Waals surface area contributed by atoms with Gasteiger partial charge in [0.05, 0.1) is 41.6 Å². The van der Waals surface area contributed by atoms with Crippen molar-refractivity contribution in [3.05, 3.63) is 58.1 Å². The van der Waals surface area contributed by atoms with Gasteiger partial charge in [-0.05, 0) is 18.2 Å². The van der Waals surface area contributed by atoms with Crippen LogP contribution in [0.3, 0.4) is 0 Å². The molecule has 1 fully saturated rings. The quantitative estimate of drug-likeness (QED) is 0.557. The lowest BCUT2D eigenvalue weighted by Crippen LogP contribution is -3.13. The zero-order valence-corrected chi connectivity index (χ0v) is 16.6. The van der Waals surface area contributed by atoms with Crippen LogP contribution < -0.4 is 14.4 Å². The minimum Gasteiger partial charge on any atom is -0.486 e. The van der Waals surface area contributed by atoms with Gasteiger partial charge in [0.2, 0.25) is 10.0 Å². The Hall–Kier alpha value is -2.69. The van der Waals surface area contributed by atoms with Crippen molar-refractivity contribution in [3.63, 3.8) is 0 Å². The molecule has 0 saturated carbocycles. The Bertz CT molecular complexity index is 1020. The van der Waals surface area contributed by atoms with E-state index in [0.29, 0.717) is 63.0 Å². The van der Waals surface area contributed by atoms with Crippen molar-refractivity contribution in [2.75, 3.05) is 39.4 Å². The first-order valence-electron chi connectivity index (χ1n) is 9.41. The van der Waals surface area contributed by atoms with E-state index in [2.05, 4.69) is 0 Å². The highest BCUT2D eigenvalue weighted by molar-refractivity contribution is 7.89. The standard InChI is InChI=1S/C19H21N3O6S/c23-22(24)17-4-2-1-3-15(17)14-20-7-9-21(10-8-20)29(25,26)16-5-6-18-19(13-16)28-12-11-27-18/h1-6,13H,7-12,14H2/p+1. The van der Waals surface area contributed by atoms with Gasteiger partial charge in [0.25, 0.3) is 5.69 Å². The van der Waals surface area contributed by atoms with E-state index >= 15 is 0 Å². The SMILES string of the molecule is O=[N+]([O-])c1ccccc1C[NH+]1CCN(S(=O)(=O)c2ccc3c(c2)OCCO3)CC1. The van der Waals surface area contributed by atoms with Crippen LogP contribution in [-0.2, 0) is 16.6 Å². The van der Waals surface area contributed by atoms with Crippen LogP contribution in [0.4, 0.5) is 5.69 Å². The van der Waals surface area contributed by atoms with Crippen molar-refractivity contribution >= 4 is 15.7 Å². The number of hydrogen-bond acceptors (Lipinski definition) is 6. The molecule has 2 heterocycles. The maximum Gasteiger partial charge on any atom is 0.278 e. The van der Waals surface area contributed by atoms with Gasteiger partial charge in [-0.2, -0.15) is 4.31 Å². The molecule has 0 atom stereocenters. The number of para-hydroxylation sites is 1. The minimum absolute atomic E-state index is 0.103. The summed E-state index contributed by atoms with van der Waals surface area (Å²) in [5.74, 6) is 0.992. The summed E-state index contributed by atoms with van der Waals surface area (Å²) in [7, 11) is -3.64. The minimum atomic E-state index is -3.64. The molecule has 10 heteroatoms. The maximum absolute atomic E-state index is 13.0. The Morgan fingerprint density at radius 3 is 2.45 bits per heavy atom. The van der Waals surface area contributed by atoms with Crippen molar-refractivity contribution in [3.8, 4) is 11.5 Å². The van der Waals surface area contributed by atoms with Gasteiger partial charge in [-0.3, -0.25) is 10.1 Å². The maximum atomic E-state index is 13.0. The zero-order valence-electron chi connectivity index (χ0n) is 15.7. The summed E-state index contributed by atoms with van der Waals surface area (Å²) in [6.45, 7) is 3.20. The summed E-state index contributed by atoms with van der Waals surface area (Å²) in [6.07, 6.45) is 0. The third kappa shape index (κ3) is 4.04. The number of benzene rings is 2. The van der Waals surface area contributed by atoms with E-state index in [1.807, 2.05) is 0 Å². The number of piperazine rings is 1. The number of quaternary nitrogens is 1. The number of nitro benzene ring substituents is 1. The fourth-order valence-electron chi connectivity index (χ4n) is 3.66. The molecule has 0 aliphatic carbocycles. The molecule has 9 nitrogen and oxygen atoms in total. The van der Waals surface area contributed by atoms with Gasteiger partial charge in [-0.25, -0.2) is 8.42 Å². The molecular formula is C19H22N3O6S+. The van der Waals surface area contributed by atoms with Gasteiger partial charge in [0.15, 0.2) is 11.5 Å².